The van der Waals surface area contributed by atoms with Gasteiger partial charge in [-0.3, -0.25) is 4.57 Å². The third-order valence-corrected chi connectivity index (χ3v) is 6.31. The summed E-state index contributed by atoms with van der Waals surface area (Å²) in [6.07, 6.45) is -0.581. The fourth-order valence-electron chi connectivity index (χ4n) is 2.81. The summed E-state index contributed by atoms with van der Waals surface area (Å²) in [5.41, 5.74) is 1.42. The molecule has 0 amide bonds. The Labute approximate surface area is 167 Å². The van der Waals surface area contributed by atoms with Gasteiger partial charge in [-0.2, -0.15) is 0 Å². The second-order valence-electron chi connectivity index (χ2n) is 6.87. The van der Waals surface area contributed by atoms with Gasteiger partial charge < -0.3 is 23.8 Å². The molecule has 1 atom stereocenters. The van der Waals surface area contributed by atoms with Crippen molar-refractivity contribution in [1.29, 1.82) is 0 Å². The van der Waals surface area contributed by atoms with E-state index >= 15 is 0 Å². The first-order valence-corrected chi connectivity index (χ1v) is 10.9. The van der Waals surface area contributed by atoms with Crippen LogP contribution in [0.15, 0.2) is 48.5 Å². The Morgan fingerprint density at radius 1 is 0.857 bits per heavy atom. The van der Waals surface area contributed by atoms with Gasteiger partial charge in [0.25, 0.3) is 0 Å². The van der Waals surface area contributed by atoms with Gasteiger partial charge in [0.15, 0.2) is 5.78 Å². The molecule has 0 aliphatic carbocycles. The Hall–Kier alpha value is -2.01. The molecular weight excluding hydrogens is 377 g/mol. The first-order valence-electron chi connectivity index (χ1n) is 9.29. The monoisotopic (exact) mass is 407 g/mol. The highest BCUT2D eigenvalue weighted by molar-refractivity contribution is 7.54. The van der Waals surface area contributed by atoms with E-state index in [2.05, 4.69) is 5.32 Å². The highest BCUT2D eigenvalue weighted by Gasteiger charge is 2.41. The van der Waals surface area contributed by atoms with Crippen molar-refractivity contribution in [3.63, 3.8) is 0 Å². The van der Waals surface area contributed by atoms with E-state index in [-0.39, 0.29) is 12.2 Å². The van der Waals surface area contributed by atoms with Crippen LogP contribution in [0.1, 0.15) is 39.0 Å². The lowest BCUT2D eigenvalue weighted by molar-refractivity contribution is 0.137. The molecule has 0 fully saturated rings. The number of methoxy groups -OCH3 is 2. The number of benzene rings is 2. The van der Waals surface area contributed by atoms with Crippen molar-refractivity contribution in [3.05, 3.63) is 54.1 Å². The van der Waals surface area contributed by atoms with Crippen LogP contribution in [0.2, 0.25) is 0 Å². The molecule has 1 N–H and O–H groups in total. The summed E-state index contributed by atoms with van der Waals surface area (Å²) in [5.74, 6) is 0.398. The van der Waals surface area contributed by atoms with Crippen LogP contribution in [0.25, 0.3) is 0 Å². The third kappa shape index (κ3) is 5.74. The standard InChI is InChI=1S/C21H30NO5P/c1-15(2)26-28(23,27-16(3)4)21(22-17-10-8-7-9-11-17)19-14-18(24-5)12-13-20(19)25-6/h7-16,21-22H,1-6H3/t21-/m0/s1. The van der Waals surface area contributed by atoms with Crippen molar-refractivity contribution in [2.24, 2.45) is 0 Å². The number of ether oxygens (including phenoxy) is 2. The lowest BCUT2D eigenvalue weighted by Crippen LogP contribution is -2.20. The highest BCUT2D eigenvalue weighted by atomic mass is 31.2. The van der Waals surface area contributed by atoms with E-state index in [4.69, 9.17) is 18.5 Å². The quantitative estimate of drug-likeness (QED) is 0.498. The van der Waals surface area contributed by atoms with Gasteiger partial charge in [0.05, 0.1) is 26.4 Å². The molecule has 154 valence electrons. The van der Waals surface area contributed by atoms with Gasteiger partial charge in [-0.25, -0.2) is 0 Å². The van der Waals surface area contributed by atoms with Gasteiger partial charge in [0, 0.05) is 11.3 Å². The zero-order valence-electron chi connectivity index (χ0n) is 17.3. The Balaban J connectivity index is 2.63. The molecule has 0 radical (unpaired) electrons. The summed E-state index contributed by atoms with van der Waals surface area (Å²) in [4.78, 5) is 0. The minimum absolute atomic E-state index is 0.291. The molecule has 0 saturated carbocycles. The highest BCUT2D eigenvalue weighted by Crippen LogP contribution is 2.63. The fourth-order valence-corrected chi connectivity index (χ4v) is 5.12. The van der Waals surface area contributed by atoms with Crippen LogP contribution in [0.4, 0.5) is 5.69 Å². The van der Waals surface area contributed by atoms with Crippen molar-refractivity contribution in [2.75, 3.05) is 19.5 Å². The Morgan fingerprint density at radius 3 is 1.96 bits per heavy atom. The number of para-hydroxylation sites is 1. The summed E-state index contributed by atoms with van der Waals surface area (Å²) in [7, 11) is -0.491. The van der Waals surface area contributed by atoms with E-state index in [0.717, 1.165) is 5.69 Å². The van der Waals surface area contributed by atoms with Crippen LogP contribution >= 0.6 is 7.60 Å². The first-order chi connectivity index (χ1) is 13.3. The average molecular weight is 407 g/mol. The minimum atomic E-state index is -3.65. The predicted octanol–water partition coefficient (Wildman–Crippen LogP) is 5.86. The fraction of sp³-hybridized carbons (Fsp3) is 0.429. The molecule has 6 nitrogen and oxygen atoms in total. The maximum absolute atomic E-state index is 14.0. The summed E-state index contributed by atoms with van der Waals surface area (Å²) in [6.45, 7) is 7.33. The largest absolute Gasteiger partial charge is 0.497 e. The van der Waals surface area contributed by atoms with E-state index in [0.29, 0.717) is 17.1 Å². The van der Waals surface area contributed by atoms with E-state index in [1.54, 1.807) is 32.4 Å². The van der Waals surface area contributed by atoms with Gasteiger partial charge in [-0.05, 0) is 58.0 Å². The molecule has 2 aromatic carbocycles. The van der Waals surface area contributed by atoms with Gasteiger partial charge in [0.2, 0.25) is 0 Å². The van der Waals surface area contributed by atoms with Crippen LogP contribution < -0.4 is 14.8 Å². The zero-order chi connectivity index (χ0) is 20.7. The molecule has 7 heteroatoms. The molecular formula is C21H30NO5P. The van der Waals surface area contributed by atoms with Crippen molar-refractivity contribution in [3.8, 4) is 11.5 Å². The third-order valence-electron chi connectivity index (χ3n) is 3.84. The van der Waals surface area contributed by atoms with Crippen molar-refractivity contribution < 1.29 is 23.1 Å². The van der Waals surface area contributed by atoms with E-state index in [1.165, 1.54) is 0 Å². The second-order valence-corrected chi connectivity index (χ2v) is 8.89. The molecule has 0 spiro atoms. The number of hydrogen-bond acceptors (Lipinski definition) is 6. The summed E-state index contributed by atoms with van der Waals surface area (Å²) < 4.78 is 36.7. The molecule has 2 aromatic rings. The molecule has 0 aliphatic rings. The Morgan fingerprint density at radius 2 is 1.46 bits per heavy atom. The lowest BCUT2D eigenvalue weighted by atomic mass is 10.1. The van der Waals surface area contributed by atoms with Gasteiger partial charge in [-0.15, -0.1) is 0 Å². The molecule has 0 aliphatic heterocycles. The molecule has 0 unspecified atom stereocenters. The van der Waals surface area contributed by atoms with E-state index in [9.17, 15) is 4.57 Å². The first kappa shape index (κ1) is 22.3. The smallest absolute Gasteiger partial charge is 0.357 e. The van der Waals surface area contributed by atoms with E-state index < -0.39 is 13.4 Å². The molecule has 28 heavy (non-hydrogen) atoms. The summed E-state index contributed by atoms with van der Waals surface area (Å²) in [6, 6.07) is 14.9. The van der Waals surface area contributed by atoms with Crippen LogP contribution in [0.3, 0.4) is 0 Å². The number of hydrogen-bond donors (Lipinski definition) is 1. The Bertz CT molecular complexity index is 781. The van der Waals surface area contributed by atoms with Crippen molar-refractivity contribution >= 4 is 13.3 Å². The molecule has 2 rings (SSSR count). The van der Waals surface area contributed by atoms with Gasteiger partial charge in [-0.1, -0.05) is 18.2 Å². The second kappa shape index (κ2) is 9.97. The zero-order valence-corrected chi connectivity index (χ0v) is 18.2. The number of anilines is 1. The predicted molar refractivity (Wildman–Crippen MR) is 112 cm³/mol. The number of nitrogens with one attached hydrogen (secondary N) is 1. The molecule has 0 bridgehead atoms. The topological polar surface area (TPSA) is 66.0 Å². The molecule has 0 heterocycles. The van der Waals surface area contributed by atoms with E-state index in [1.807, 2.05) is 58.0 Å². The van der Waals surface area contributed by atoms with Crippen LogP contribution in [-0.4, -0.2) is 26.4 Å². The van der Waals surface area contributed by atoms with Crippen LogP contribution in [-0.2, 0) is 13.6 Å². The summed E-state index contributed by atoms with van der Waals surface area (Å²) >= 11 is 0. The molecule has 0 aromatic heterocycles. The molecule has 0 saturated heterocycles. The maximum Gasteiger partial charge on any atom is 0.357 e. The van der Waals surface area contributed by atoms with Crippen molar-refractivity contribution in [2.45, 2.75) is 45.7 Å². The minimum Gasteiger partial charge on any atom is -0.497 e. The van der Waals surface area contributed by atoms with Crippen LogP contribution in [0.5, 0.6) is 11.5 Å². The SMILES string of the molecule is COc1ccc(OC)c([C@@H](Nc2ccccc2)P(=O)(OC(C)C)OC(C)C)c1. The Kier molecular flexibility index (Phi) is 7.93. The van der Waals surface area contributed by atoms with Crippen molar-refractivity contribution in [1.82, 2.24) is 0 Å². The average Bonchev–Trinajstić information content (AvgIpc) is 2.65. The number of rotatable bonds is 10. The normalized spacial score (nSPS) is 12.9. The maximum atomic E-state index is 14.0. The van der Waals surface area contributed by atoms with Crippen LogP contribution in [0, 0.1) is 0 Å². The van der Waals surface area contributed by atoms with Gasteiger partial charge >= 0.3 is 7.60 Å². The van der Waals surface area contributed by atoms with Gasteiger partial charge in [0.1, 0.15) is 11.5 Å². The summed E-state index contributed by atoms with van der Waals surface area (Å²) in [5, 5.41) is 3.32. The lowest BCUT2D eigenvalue weighted by Gasteiger charge is -2.32.